The molecule has 1 aliphatic rings. The summed E-state index contributed by atoms with van der Waals surface area (Å²) in [5.41, 5.74) is 1.60. The van der Waals surface area contributed by atoms with E-state index in [4.69, 9.17) is 4.74 Å². The number of ether oxygens (including phenoxy) is 1. The summed E-state index contributed by atoms with van der Waals surface area (Å²) in [6.45, 7) is 6.39. The van der Waals surface area contributed by atoms with Crippen molar-refractivity contribution < 1.29 is 14.6 Å². The Balaban J connectivity index is 1.99. The quantitative estimate of drug-likeness (QED) is 0.748. The predicted octanol–water partition coefficient (Wildman–Crippen LogP) is 3.50. The molecule has 4 nitrogen and oxygen atoms in total. The van der Waals surface area contributed by atoms with Gasteiger partial charge < -0.3 is 9.84 Å². The van der Waals surface area contributed by atoms with Gasteiger partial charge in [-0.05, 0) is 18.4 Å². The Morgan fingerprint density at radius 3 is 2.82 bits per heavy atom. The number of hydrogen-bond donors (Lipinski definition) is 1. The van der Waals surface area contributed by atoms with Gasteiger partial charge in [0.2, 0.25) is 0 Å². The largest absolute Gasteiger partial charge is 0.447 e. The van der Waals surface area contributed by atoms with Gasteiger partial charge in [0.15, 0.2) is 0 Å². The zero-order valence-corrected chi connectivity index (χ0v) is 13.2. The number of aliphatic hydroxyl groups is 1. The molecule has 1 saturated heterocycles. The number of carbonyl (C=O) groups is 1. The maximum atomic E-state index is 12.0. The van der Waals surface area contributed by atoms with E-state index in [0.29, 0.717) is 25.1 Å². The van der Waals surface area contributed by atoms with E-state index in [1.807, 2.05) is 30.3 Å². The molecule has 2 atom stereocenters. The van der Waals surface area contributed by atoms with Gasteiger partial charge in [0, 0.05) is 5.70 Å². The van der Waals surface area contributed by atoms with Crippen LogP contribution in [0.4, 0.5) is 4.79 Å². The Morgan fingerprint density at radius 2 is 2.14 bits per heavy atom. The van der Waals surface area contributed by atoms with Crippen molar-refractivity contribution in [2.24, 2.45) is 0 Å². The summed E-state index contributed by atoms with van der Waals surface area (Å²) in [7, 11) is 0. The molecule has 2 unspecified atom stereocenters. The lowest BCUT2D eigenvalue weighted by Crippen LogP contribution is -2.38. The minimum absolute atomic E-state index is 0.0942. The van der Waals surface area contributed by atoms with Crippen LogP contribution in [0, 0.1) is 0 Å². The van der Waals surface area contributed by atoms with E-state index in [1.165, 1.54) is 4.90 Å². The van der Waals surface area contributed by atoms with E-state index in [-0.39, 0.29) is 6.04 Å². The van der Waals surface area contributed by atoms with E-state index in [2.05, 4.69) is 13.5 Å². The van der Waals surface area contributed by atoms with Gasteiger partial charge in [0.1, 0.15) is 6.61 Å². The first-order chi connectivity index (χ1) is 10.6. The molecule has 1 heterocycles. The molecule has 0 saturated carbocycles. The van der Waals surface area contributed by atoms with Crippen LogP contribution in [0.15, 0.2) is 42.6 Å². The van der Waals surface area contributed by atoms with Crippen molar-refractivity contribution in [2.45, 2.75) is 51.2 Å². The van der Waals surface area contributed by atoms with Crippen LogP contribution in [0.3, 0.4) is 0 Å². The van der Waals surface area contributed by atoms with E-state index in [9.17, 15) is 9.90 Å². The minimum atomic E-state index is -0.685. The van der Waals surface area contributed by atoms with Gasteiger partial charge in [-0.3, -0.25) is 4.90 Å². The SMILES string of the molecule is C=C(C(O)CCCCC)N1C(=O)OCC1Cc1ccccc1. The molecule has 4 heteroatoms. The molecule has 0 aromatic heterocycles. The third kappa shape index (κ3) is 4.10. The van der Waals surface area contributed by atoms with Gasteiger partial charge in [-0.15, -0.1) is 0 Å². The molecule has 1 amide bonds. The number of nitrogens with zero attached hydrogens (tertiary/aromatic N) is 1. The molecule has 1 aromatic rings. The van der Waals surface area contributed by atoms with Crippen LogP contribution in [0.1, 0.15) is 38.2 Å². The first-order valence-electron chi connectivity index (χ1n) is 8.00. The van der Waals surface area contributed by atoms with Crippen LogP contribution >= 0.6 is 0 Å². The topological polar surface area (TPSA) is 49.8 Å². The predicted molar refractivity (Wildman–Crippen MR) is 86.4 cm³/mol. The highest BCUT2D eigenvalue weighted by Gasteiger charge is 2.36. The molecule has 0 spiro atoms. The van der Waals surface area contributed by atoms with Gasteiger partial charge in [-0.25, -0.2) is 4.79 Å². The number of carbonyl (C=O) groups excluding carboxylic acids is 1. The summed E-state index contributed by atoms with van der Waals surface area (Å²) in [4.78, 5) is 13.5. The van der Waals surface area contributed by atoms with E-state index in [0.717, 1.165) is 24.8 Å². The lowest BCUT2D eigenvalue weighted by molar-refractivity contribution is 0.138. The summed E-state index contributed by atoms with van der Waals surface area (Å²) in [6.07, 6.45) is 3.35. The third-order valence-electron chi connectivity index (χ3n) is 4.05. The molecular weight excluding hydrogens is 278 g/mol. The highest BCUT2D eigenvalue weighted by atomic mass is 16.6. The molecule has 2 rings (SSSR count). The highest BCUT2D eigenvalue weighted by molar-refractivity contribution is 5.72. The lowest BCUT2D eigenvalue weighted by atomic mass is 10.0. The Kier molecular flexibility index (Phi) is 6.01. The van der Waals surface area contributed by atoms with Crippen LogP contribution < -0.4 is 0 Å². The van der Waals surface area contributed by atoms with Crippen LogP contribution in [-0.4, -0.2) is 34.9 Å². The monoisotopic (exact) mass is 303 g/mol. The number of aliphatic hydroxyl groups excluding tert-OH is 1. The van der Waals surface area contributed by atoms with Crippen LogP contribution in [0.2, 0.25) is 0 Å². The number of benzene rings is 1. The van der Waals surface area contributed by atoms with Crippen molar-refractivity contribution in [1.82, 2.24) is 4.90 Å². The Hall–Kier alpha value is -1.81. The number of cyclic esters (lactones) is 1. The second-order valence-corrected chi connectivity index (χ2v) is 5.79. The van der Waals surface area contributed by atoms with Crippen LogP contribution in [0.25, 0.3) is 0 Å². The van der Waals surface area contributed by atoms with E-state index < -0.39 is 12.2 Å². The zero-order valence-electron chi connectivity index (χ0n) is 13.2. The zero-order chi connectivity index (χ0) is 15.9. The van der Waals surface area contributed by atoms with Crippen molar-refractivity contribution >= 4 is 6.09 Å². The second-order valence-electron chi connectivity index (χ2n) is 5.79. The fraction of sp³-hybridized carbons (Fsp3) is 0.500. The van der Waals surface area contributed by atoms with Crippen molar-refractivity contribution in [3.8, 4) is 0 Å². The first-order valence-corrected chi connectivity index (χ1v) is 8.00. The first kappa shape index (κ1) is 16.6. The highest BCUT2D eigenvalue weighted by Crippen LogP contribution is 2.24. The maximum absolute atomic E-state index is 12.0. The third-order valence-corrected chi connectivity index (χ3v) is 4.05. The van der Waals surface area contributed by atoms with Crippen molar-refractivity contribution in [1.29, 1.82) is 0 Å². The number of rotatable bonds is 8. The van der Waals surface area contributed by atoms with Crippen molar-refractivity contribution in [3.63, 3.8) is 0 Å². The summed E-state index contributed by atoms with van der Waals surface area (Å²) < 4.78 is 5.16. The smallest absolute Gasteiger partial charge is 0.414 e. The van der Waals surface area contributed by atoms with Crippen molar-refractivity contribution in [3.05, 3.63) is 48.2 Å². The minimum Gasteiger partial charge on any atom is -0.447 e. The summed E-state index contributed by atoms with van der Waals surface area (Å²) in [5.74, 6) is 0. The number of unbranched alkanes of at least 4 members (excludes halogenated alkanes) is 2. The van der Waals surface area contributed by atoms with Gasteiger partial charge in [0.05, 0.1) is 12.1 Å². The Bertz CT molecular complexity index is 500. The van der Waals surface area contributed by atoms with Gasteiger partial charge in [0.25, 0.3) is 0 Å². The molecule has 1 N–H and O–H groups in total. The fourth-order valence-electron chi connectivity index (χ4n) is 2.76. The van der Waals surface area contributed by atoms with Crippen molar-refractivity contribution in [2.75, 3.05) is 6.61 Å². The summed E-state index contributed by atoms with van der Waals surface area (Å²) in [6, 6.07) is 9.89. The van der Waals surface area contributed by atoms with Crippen LogP contribution in [-0.2, 0) is 11.2 Å². The van der Waals surface area contributed by atoms with E-state index in [1.54, 1.807) is 0 Å². The van der Waals surface area contributed by atoms with E-state index >= 15 is 0 Å². The van der Waals surface area contributed by atoms with Gasteiger partial charge in [-0.1, -0.05) is 63.1 Å². The molecular formula is C18H25NO3. The molecule has 0 radical (unpaired) electrons. The van der Waals surface area contributed by atoms with Gasteiger partial charge >= 0.3 is 6.09 Å². The molecule has 1 aliphatic heterocycles. The lowest BCUT2D eigenvalue weighted by Gasteiger charge is -2.26. The maximum Gasteiger partial charge on any atom is 0.414 e. The van der Waals surface area contributed by atoms with Gasteiger partial charge in [-0.2, -0.15) is 0 Å². The summed E-state index contributed by atoms with van der Waals surface area (Å²) >= 11 is 0. The number of amides is 1. The molecule has 0 bridgehead atoms. The summed E-state index contributed by atoms with van der Waals surface area (Å²) in [5, 5.41) is 10.3. The normalized spacial score (nSPS) is 19.1. The number of hydrogen-bond acceptors (Lipinski definition) is 3. The fourth-order valence-corrected chi connectivity index (χ4v) is 2.76. The average Bonchev–Trinajstić information content (AvgIpc) is 2.88. The molecule has 120 valence electrons. The molecule has 0 aliphatic carbocycles. The van der Waals surface area contributed by atoms with Crippen LogP contribution in [0.5, 0.6) is 0 Å². The standard InChI is InChI=1S/C18H25NO3/c1-3-4-6-11-17(20)14(2)19-16(13-22-18(19)21)12-15-9-7-5-8-10-15/h5,7-10,16-17,20H,2-4,6,11-13H2,1H3. The average molecular weight is 303 g/mol. The molecule has 1 fully saturated rings. The second kappa shape index (κ2) is 7.99. The Morgan fingerprint density at radius 1 is 1.41 bits per heavy atom. The molecule has 22 heavy (non-hydrogen) atoms. The Labute approximate surface area is 132 Å². The molecule has 1 aromatic carbocycles.